The fourth-order valence-electron chi connectivity index (χ4n) is 3.65. The minimum absolute atomic E-state index is 0.00556. The highest BCUT2D eigenvalue weighted by molar-refractivity contribution is 5.88. The molecule has 1 heterocycles. The van der Waals surface area contributed by atoms with Crippen LogP contribution in [0.3, 0.4) is 0 Å². The highest BCUT2D eigenvalue weighted by atomic mass is 16.4. The number of nitrogens with zero attached hydrogens (tertiary/aromatic N) is 1. The first-order valence-electron chi connectivity index (χ1n) is 7.85. The van der Waals surface area contributed by atoms with E-state index in [1.165, 1.54) is 0 Å². The molecule has 1 aliphatic heterocycles. The first-order valence-corrected chi connectivity index (χ1v) is 7.85. The Morgan fingerprint density at radius 3 is 2.35 bits per heavy atom. The van der Waals surface area contributed by atoms with E-state index in [1.807, 2.05) is 0 Å². The van der Waals surface area contributed by atoms with Crippen molar-refractivity contribution < 1.29 is 14.7 Å². The molecule has 20 heavy (non-hydrogen) atoms. The SMILES string of the molecule is NCC1(C(=O)N2CCCCCC2C(=O)O)CCCCC1. The molecule has 3 N–H and O–H groups in total. The minimum atomic E-state index is -0.872. The Balaban J connectivity index is 2.20. The molecule has 1 amide bonds. The predicted octanol–water partition coefficient (Wildman–Crippen LogP) is 1.75. The van der Waals surface area contributed by atoms with Crippen molar-refractivity contribution >= 4 is 11.9 Å². The molecular weight excluding hydrogens is 256 g/mol. The zero-order valence-corrected chi connectivity index (χ0v) is 12.1. The second kappa shape index (κ2) is 6.57. The molecule has 2 aliphatic rings. The van der Waals surface area contributed by atoms with Crippen LogP contribution in [0.25, 0.3) is 0 Å². The van der Waals surface area contributed by atoms with Crippen LogP contribution < -0.4 is 5.73 Å². The maximum absolute atomic E-state index is 13.0. The van der Waals surface area contributed by atoms with Gasteiger partial charge in [-0.05, 0) is 25.7 Å². The number of hydrogen-bond acceptors (Lipinski definition) is 3. The molecule has 2 rings (SSSR count). The number of carbonyl (C=O) groups excluding carboxylic acids is 1. The molecule has 0 aromatic carbocycles. The van der Waals surface area contributed by atoms with Crippen LogP contribution >= 0.6 is 0 Å². The topological polar surface area (TPSA) is 83.6 Å². The summed E-state index contributed by atoms with van der Waals surface area (Å²) in [6.45, 7) is 0.909. The number of likely N-dealkylation sites (tertiary alicyclic amines) is 1. The molecule has 114 valence electrons. The molecule has 0 radical (unpaired) electrons. The van der Waals surface area contributed by atoms with Gasteiger partial charge in [-0.3, -0.25) is 4.79 Å². The zero-order chi connectivity index (χ0) is 14.6. The van der Waals surface area contributed by atoms with Crippen molar-refractivity contribution in [1.82, 2.24) is 4.90 Å². The molecule has 1 aliphatic carbocycles. The standard InChI is InChI=1S/C15H26N2O3/c16-11-15(8-4-2-5-9-15)14(20)17-10-6-1-3-7-12(17)13(18)19/h12H,1-11,16H2,(H,18,19). The van der Waals surface area contributed by atoms with E-state index in [9.17, 15) is 14.7 Å². The Hall–Kier alpha value is -1.10. The summed E-state index contributed by atoms with van der Waals surface area (Å²) < 4.78 is 0. The molecule has 0 bridgehead atoms. The van der Waals surface area contributed by atoms with Gasteiger partial charge in [-0.2, -0.15) is 0 Å². The van der Waals surface area contributed by atoms with E-state index in [2.05, 4.69) is 0 Å². The smallest absolute Gasteiger partial charge is 0.326 e. The van der Waals surface area contributed by atoms with Gasteiger partial charge in [-0.1, -0.05) is 32.1 Å². The van der Waals surface area contributed by atoms with Crippen molar-refractivity contribution in [2.45, 2.75) is 63.8 Å². The monoisotopic (exact) mass is 282 g/mol. The van der Waals surface area contributed by atoms with E-state index < -0.39 is 17.4 Å². The van der Waals surface area contributed by atoms with Gasteiger partial charge in [0.2, 0.25) is 5.91 Å². The number of aliphatic carboxylic acids is 1. The highest BCUT2D eigenvalue weighted by Crippen LogP contribution is 2.38. The van der Waals surface area contributed by atoms with E-state index in [4.69, 9.17) is 5.73 Å². The van der Waals surface area contributed by atoms with Gasteiger partial charge in [0, 0.05) is 13.1 Å². The van der Waals surface area contributed by atoms with Crippen LogP contribution in [0.4, 0.5) is 0 Å². The van der Waals surface area contributed by atoms with Crippen LogP contribution in [0.15, 0.2) is 0 Å². The summed E-state index contributed by atoms with van der Waals surface area (Å²) in [5.74, 6) is -0.878. The van der Waals surface area contributed by atoms with Crippen molar-refractivity contribution in [2.24, 2.45) is 11.1 Å². The number of carboxylic acid groups (broad SMARTS) is 1. The van der Waals surface area contributed by atoms with Crippen LogP contribution in [-0.4, -0.2) is 41.0 Å². The van der Waals surface area contributed by atoms with Gasteiger partial charge in [0.25, 0.3) is 0 Å². The molecule has 0 spiro atoms. The lowest BCUT2D eigenvalue weighted by Crippen LogP contribution is -2.54. The molecule has 2 fully saturated rings. The average Bonchev–Trinajstić information content (AvgIpc) is 2.73. The molecular formula is C15H26N2O3. The fraction of sp³-hybridized carbons (Fsp3) is 0.867. The van der Waals surface area contributed by atoms with Crippen molar-refractivity contribution in [3.8, 4) is 0 Å². The third-order valence-electron chi connectivity index (χ3n) is 4.95. The summed E-state index contributed by atoms with van der Waals surface area (Å²) in [6, 6.07) is -0.657. The third-order valence-corrected chi connectivity index (χ3v) is 4.95. The summed E-state index contributed by atoms with van der Waals surface area (Å²) in [5.41, 5.74) is 5.41. The van der Waals surface area contributed by atoms with Crippen LogP contribution in [0.1, 0.15) is 57.8 Å². The van der Waals surface area contributed by atoms with Crippen molar-refractivity contribution in [3.63, 3.8) is 0 Å². The maximum atomic E-state index is 13.0. The Bertz CT molecular complexity index is 364. The molecule has 1 saturated carbocycles. The minimum Gasteiger partial charge on any atom is -0.480 e. The Morgan fingerprint density at radius 2 is 1.75 bits per heavy atom. The maximum Gasteiger partial charge on any atom is 0.326 e. The zero-order valence-electron chi connectivity index (χ0n) is 12.1. The Morgan fingerprint density at radius 1 is 1.10 bits per heavy atom. The van der Waals surface area contributed by atoms with Crippen LogP contribution in [0.5, 0.6) is 0 Å². The van der Waals surface area contributed by atoms with Crippen LogP contribution in [0.2, 0.25) is 0 Å². The second-order valence-corrected chi connectivity index (χ2v) is 6.25. The molecule has 5 heteroatoms. The second-order valence-electron chi connectivity index (χ2n) is 6.25. The highest BCUT2D eigenvalue weighted by Gasteiger charge is 2.44. The average molecular weight is 282 g/mol. The third kappa shape index (κ3) is 2.97. The number of rotatable bonds is 3. The van der Waals surface area contributed by atoms with E-state index >= 15 is 0 Å². The fourth-order valence-corrected chi connectivity index (χ4v) is 3.65. The molecule has 1 atom stereocenters. The van der Waals surface area contributed by atoms with Gasteiger partial charge in [0.05, 0.1) is 5.41 Å². The van der Waals surface area contributed by atoms with Gasteiger partial charge in [-0.15, -0.1) is 0 Å². The Labute approximate surface area is 120 Å². The summed E-state index contributed by atoms with van der Waals surface area (Å²) in [6.07, 6.45) is 8.17. The summed E-state index contributed by atoms with van der Waals surface area (Å²) in [4.78, 5) is 26.0. The number of amides is 1. The largest absolute Gasteiger partial charge is 0.480 e. The molecule has 1 unspecified atom stereocenters. The van der Waals surface area contributed by atoms with E-state index in [0.29, 0.717) is 19.5 Å². The van der Waals surface area contributed by atoms with E-state index in [0.717, 1.165) is 51.4 Å². The van der Waals surface area contributed by atoms with Gasteiger partial charge in [0.15, 0.2) is 0 Å². The predicted molar refractivity (Wildman–Crippen MR) is 76.2 cm³/mol. The van der Waals surface area contributed by atoms with Gasteiger partial charge in [-0.25, -0.2) is 4.79 Å². The molecule has 0 aromatic heterocycles. The lowest BCUT2D eigenvalue weighted by molar-refractivity contribution is -0.156. The molecule has 5 nitrogen and oxygen atoms in total. The number of carbonyl (C=O) groups is 2. The Kier molecular flexibility index (Phi) is 5.02. The van der Waals surface area contributed by atoms with E-state index in [1.54, 1.807) is 4.90 Å². The number of carboxylic acids is 1. The summed E-state index contributed by atoms with van der Waals surface area (Å²) in [7, 11) is 0. The van der Waals surface area contributed by atoms with Crippen molar-refractivity contribution in [1.29, 1.82) is 0 Å². The first-order chi connectivity index (χ1) is 9.60. The first kappa shape index (κ1) is 15.3. The van der Waals surface area contributed by atoms with E-state index in [-0.39, 0.29) is 5.91 Å². The summed E-state index contributed by atoms with van der Waals surface area (Å²) in [5, 5.41) is 9.41. The molecule has 0 aromatic rings. The van der Waals surface area contributed by atoms with Gasteiger partial charge >= 0.3 is 5.97 Å². The van der Waals surface area contributed by atoms with Crippen LogP contribution in [0, 0.1) is 5.41 Å². The number of hydrogen-bond donors (Lipinski definition) is 2. The van der Waals surface area contributed by atoms with Crippen LogP contribution in [-0.2, 0) is 9.59 Å². The lowest BCUT2D eigenvalue weighted by atomic mass is 9.72. The van der Waals surface area contributed by atoms with Crippen molar-refractivity contribution in [2.75, 3.05) is 13.1 Å². The summed E-state index contributed by atoms with van der Waals surface area (Å²) >= 11 is 0. The normalized spacial score (nSPS) is 26.9. The quantitative estimate of drug-likeness (QED) is 0.826. The van der Waals surface area contributed by atoms with Gasteiger partial charge < -0.3 is 15.7 Å². The number of nitrogens with two attached hydrogens (primary N) is 1. The van der Waals surface area contributed by atoms with Gasteiger partial charge in [0.1, 0.15) is 6.04 Å². The molecule has 1 saturated heterocycles. The van der Waals surface area contributed by atoms with Crippen molar-refractivity contribution in [3.05, 3.63) is 0 Å². The lowest BCUT2D eigenvalue weighted by Gasteiger charge is -2.40.